The van der Waals surface area contributed by atoms with Crippen molar-refractivity contribution in [3.8, 4) is 0 Å². The standard InChI is InChI=1S/C24H26Cl2N4O4S/c1-2-33-24(32)20-19(14-30-8-10-34-16(13-30)4-3-9-31)28-22(23-27-7-11-35-23)29-21(20)17-6-5-15(25)12-18(17)26/h5-7,9,11-12,16,21H,2-4,8,10,13-14H2,1H3,(H,28,29)/t16-,21?/m0/s1. The first kappa shape index (κ1) is 25.8. The number of ether oxygens (including phenoxy) is 2. The first-order chi connectivity index (χ1) is 17.0. The van der Waals surface area contributed by atoms with Crippen molar-refractivity contribution in [2.75, 3.05) is 32.8 Å². The zero-order valence-electron chi connectivity index (χ0n) is 19.2. The van der Waals surface area contributed by atoms with Gasteiger partial charge in [0.05, 0.1) is 24.9 Å². The van der Waals surface area contributed by atoms with Crippen LogP contribution in [0, 0.1) is 0 Å². The maximum atomic E-state index is 13.3. The van der Waals surface area contributed by atoms with Crippen molar-refractivity contribution >= 4 is 52.6 Å². The largest absolute Gasteiger partial charge is 0.463 e. The Bertz CT molecular complexity index is 1120. The Morgan fingerprint density at radius 3 is 2.97 bits per heavy atom. The number of aldehydes is 1. The zero-order valence-corrected chi connectivity index (χ0v) is 21.5. The molecule has 1 fully saturated rings. The minimum absolute atomic E-state index is 0.0437. The summed E-state index contributed by atoms with van der Waals surface area (Å²) in [7, 11) is 0. The number of morpholine rings is 1. The fraction of sp³-hybridized carbons (Fsp3) is 0.417. The molecule has 2 aromatic rings. The maximum absolute atomic E-state index is 13.3. The number of amidine groups is 1. The van der Waals surface area contributed by atoms with Gasteiger partial charge in [0.25, 0.3) is 0 Å². The molecule has 3 heterocycles. The third-order valence-electron chi connectivity index (χ3n) is 5.72. The Labute approximate surface area is 217 Å². The Morgan fingerprint density at radius 2 is 2.26 bits per heavy atom. The highest BCUT2D eigenvalue weighted by Crippen LogP contribution is 2.37. The smallest absolute Gasteiger partial charge is 0.338 e. The van der Waals surface area contributed by atoms with Crippen LogP contribution in [0.4, 0.5) is 0 Å². The van der Waals surface area contributed by atoms with Crippen LogP contribution in [0.15, 0.2) is 46.0 Å². The highest BCUT2D eigenvalue weighted by Gasteiger charge is 2.35. The number of nitrogens with one attached hydrogen (secondary N) is 1. The van der Waals surface area contributed by atoms with E-state index in [-0.39, 0.29) is 12.7 Å². The number of hydrogen-bond donors (Lipinski definition) is 1. The van der Waals surface area contributed by atoms with Gasteiger partial charge in [0.1, 0.15) is 12.3 Å². The molecule has 1 N–H and O–H groups in total. The lowest BCUT2D eigenvalue weighted by molar-refractivity contribution is -0.139. The highest BCUT2D eigenvalue weighted by molar-refractivity contribution is 7.11. The third-order valence-corrected chi connectivity index (χ3v) is 7.07. The van der Waals surface area contributed by atoms with Crippen LogP contribution < -0.4 is 5.32 Å². The fourth-order valence-corrected chi connectivity index (χ4v) is 5.24. The van der Waals surface area contributed by atoms with Gasteiger partial charge in [0.15, 0.2) is 10.8 Å². The number of aromatic nitrogens is 1. The molecule has 0 spiro atoms. The lowest BCUT2D eigenvalue weighted by Crippen LogP contribution is -2.46. The summed E-state index contributed by atoms with van der Waals surface area (Å²) in [4.78, 5) is 35.5. The minimum Gasteiger partial charge on any atom is -0.463 e. The highest BCUT2D eigenvalue weighted by atomic mass is 35.5. The minimum atomic E-state index is -0.694. The Kier molecular flexibility index (Phi) is 8.91. The predicted molar refractivity (Wildman–Crippen MR) is 136 cm³/mol. The molecular formula is C24H26Cl2N4O4S. The number of benzene rings is 1. The number of halogens is 2. The Balaban J connectivity index is 1.74. The van der Waals surface area contributed by atoms with Gasteiger partial charge in [-0.1, -0.05) is 29.3 Å². The molecule has 0 radical (unpaired) electrons. The van der Waals surface area contributed by atoms with Crippen molar-refractivity contribution in [3.05, 3.63) is 61.7 Å². The molecule has 0 aliphatic carbocycles. The summed E-state index contributed by atoms with van der Waals surface area (Å²) in [5, 5.41) is 6.82. The van der Waals surface area contributed by atoms with E-state index in [1.165, 1.54) is 11.3 Å². The average molecular weight is 537 g/mol. The number of hydrogen-bond acceptors (Lipinski definition) is 9. The number of esters is 1. The van der Waals surface area contributed by atoms with Crippen molar-refractivity contribution < 1.29 is 19.1 Å². The first-order valence-electron chi connectivity index (χ1n) is 11.4. The number of carbonyl (C=O) groups excluding carboxylic acids is 2. The van der Waals surface area contributed by atoms with Crippen molar-refractivity contribution in [2.45, 2.75) is 31.9 Å². The van der Waals surface area contributed by atoms with Gasteiger partial charge < -0.3 is 19.6 Å². The summed E-state index contributed by atoms with van der Waals surface area (Å²) in [6, 6.07) is 4.46. The molecule has 1 saturated heterocycles. The number of rotatable bonds is 9. The lowest BCUT2D eigenvalue weighted by Gasteiger charge is -2.35. The van der Waals surface area contributed by atoms with Crippen LogP contribution in [0.2, 0.25) is 10.0 Å². The molecule has 1 aromatic heterocycles. The van der Waals surface area contributed by atoms with E-state index in [1.807, 2.05) is 5.38 Å². The van der Waals surface area contributed by atoms with Gasteiger partial charge in [0.2, 0.25) is 0 Å². The molecule has 0 bridgehead atoms. The monoisotopic (exact) mass is 536 g/mol. The van der Waals surface area contributed by atoms with E-state index in [9.17, 15) is 9.59 Å². The molecular weight excluding hydrogens is 511 g/mol. The van der Waals surface area contributed by atoms with Crippen LogP contribution in [-0.4, -0.2) is 66.9 Å². The van der Waals surface area contributed by atoms with Gasteiger partial charge in [-0.2, -0.15) is 0 Å². The van der Waals surface area contributed by atoms with Gasteiger partial charge in [-0.05, 0) is 25.5 Å². The molecule has 8 nitrogen and oxygen atoms in total. The van der Waals surface area contributed by atoms with E-state index in [4.69, 9.17) is 37.7 Å². The van der Waals surface area contributed by atoms with E-state index < -0.39 is 12.0 Å². The first-order valence-corrected chi connectivity index (χ1v) is 13.0. The van der Waals surface area contributed by atoms with E-state index >= 15 is 0 Å². The lowest BCUT2D eigenvalue weighted by atomic mass is 9.95. The molecule has 2 aliphatic heterocycles. The van der Waals surface area contributed by atoms with Crippen molar-refractivity contribution in [2.24, 2.45) is 4.99 Å². The third kappa shape index (κ3) is 6.29. The van der Waals surface area contributed by atoms with Crippen molar-refractivity contribution in [1.82, 2.24) is 15.2 Å². The van der Waals surface area contributed by atoms with E-state index in [0.29, 0.717) is 76.8 Å². The second-order valence-corrected chi connectivity index (χ2v) is 9.83. The molecule has 35 heavy (non-hydrogen) atoms. The van der Waals surface area contributed by atoms with Crippen LogP contribution in [0.3, 0.4) is 0 Å². The normalized spacial score (nSPS) is 20.8. The summed E-state index contributed by atoms with van der Waals surface area (Å²) < 4.78 is 11.3. The van der Waals surface area contributed by atoms with Crippen LogP contribution in [0.5, 0.6) is 0 Å². The summed E-state index contributed by atoms with van der Waals surface area (Å²) in [5.41, 5.74) is 1.72. The molecule has 4 rings (SSSR count). The van der Waals surface area contributed by atoms with E-state index in [0.717, 1.165) is 6.29 Å². The second-order valence-electron chi connectivity index (χ2n) is 8.09. The topological polar surface area (TPSA) is 93.1 Å². The quantitative estimate of drug-likeness (QED) is 0.381. The summed E-state index contributed by atoms with van der Waals surface area (Å²) in [6.45, 7) is 4.32. The van der Waals surface area contributed by atoms with Gasteiger partial charge >= 0.3 is 5.97 Å². The SMILES string of the molecule is CCOC(=O)C1=C(CN2CCO[C@@H](CCC=O)C2)NC(c2nccs2)=NC1c1ccc(Cl)cc1Cl. The van der Waals surface area contributed by atoms with Gasteiger partial charge in [-0.15, -0.1) is 11.3 Å². The van der Waals surface area contributed by atoms with Crippen molar-refractivity contribution in [3.63, 3.8) is 0 Å². The molecule has 1 aromatic carbocycles. The second kappa shape index (κ2) is 12.1. The number of nitrogens with zero attached hydrogens (tertiary/aromatic N) is 3. The van der Waals surface area contributed by atoms with E-state index in [1.54, 1.807) is 31.3 Å². The molecule has 1 unspecified atom stereocenters. The number of thiazole rings is 1. The molecule has 2 atom stereocenters. The van der Waals surface area contributed by atoms with Crippen LogP contribution >= 0.6 is 34.5 Å². The Hall–Kier alpha value is -2.30. The summed E-state index contributed by atoms with van der Waals surface area (Å²) >= 11 is 14.2. The van der Waals surface area contributed by atoms with Gasteiger partial charge in [-0.25, -0.2) is 9.78 Å². The predicted octanol–water partition coefficient (Wildman–Crippen LogP) is 4.04. The van der Waals surface area contributed by atoms with Gasteiger partial charge in [-0.3, -0.25) is 9.89 Å². The van der Waals surface area contributed by atoms with Crippen molar-refractivity contribution in [1.29, 1.82) is 0 Å². The summed E-state index contributed by atoms with van der Waals surface area (Å²) in [5.74, 6) is 0.101. The summed E-state index contributed by atoms with van der Waals surface area (Å²) in [6.07, 6.45) is 3.68. The maximum Gasteiger partial charge on any atom is 0.338 e. The number of carbonyl (C=O) groups is 2. The molecule has 2 aliphatic rings. The van der Waals surface area contributed by atoms with Crippen LogP contribution in [0.1, 0.15) is 36.4 Å². The fourth-order valence-electron chi connectivity index (χ4n) is 4.14. The molecule has 0 saturated carbocycles. The zero-order chi connectivity index (χ0) is 24.8. The number of aliphatic imine (C=N–C) groups is 1. The van der Waals surface area contributed by atoms with Gasteiger partial charge in [0, 0.05) is 58.9 Å². The molecule has 11 heteroatoms. The Morgan fingerprint density at radius 1 is 1.40 bits per heavy atom. The average Bonchev–Trinajstić information content (AvgIpc) is 3.38. The van der Waals surface area contributed by atoms with Crippen LogP contribution in [-0.2, 0) is 19.1 Å². The molecule has 0 amide bonds. The van der Waals surface area contributed by atoms with E-state index in [2.05, 4.69) is 15.2 Å². The molecule has 186 valence electrons. The van der Waals surface area contributed by atoms with Crippen LogP contribution in [0.25, 0.3) is 0 Å².